The maximum atomic E-state index is 5.31. The third-order valence-corrected chi connectivity index (χ3v) is 5.00. The fraction of sp³-hybridized carbons (Fsp3) is 0.667. The average molecular weight is 287 g/mol. The minimum absolute atomic E-state index is 0.196. The molecule has 112 valence electrons. The van der Waals surface area contributed by atoms with Gasteiger partial charge in [-0.05, 0) is 19.8 Å². The molecule has 0 atom stereocenters. The highest BCUT2D eigenvalue weighted by atomic mass is 16.5. The average Bonchev–Trinajstić information content (AvgIpc) is 2.91. The van der Waals surface area contributed by atoms with Gasteiger partial charge in [0.15, 0.2) is 0 Å². The summed E-state index contributed by atoms with van der Waals surface area (Å²) >= 11 is 0. The van der Waals surface area contributed by atoms with Gasteiger partial charge >= 0.3 is 0 Å². The molecule has 0 aromatic carbocycles. The van der Waals surface area contributed by atoms with Crippen molar-refractivity contribution >= 4 is 16.9 Å². The summed E-state index contributed by atoms with van der Waals surface area (Å²) in [6.45, 7) is 4.99. The monoisotopic (exact) mass is 287 g/mol. The fourth-order valence-corrected chi connectivity index (χ4v) is 3.94. The third-order valence-electron chi connectivity index (χ3n) is 5.00. The van der Waals surface area contributed by atoms with Gasteiger partial charge in [-0.3, -0.25) is 0 Å². The molecule has 1 spiro atoms. The molecule has 0 radical (unpaired) electrons. The number of aromatic nitrogens is 3. The summed E-state index contributed by atoms with van der Waals surface area (Å²) < 4.78 is 5.31. The van der Waals surface area contributed by atoms with Crippen LogP contribution in [0, 0.1) is 6.92 Å². The molecule has 1 aliphatic carbocycles. The summed E-state index contributed by atoms with van der Waals surface area (Å²) in [5.74, 6) is 1.00. The highest BCUT2D eigenvalue weighted by Crippen LogP contribution is 2.39. The first kappa shape index (κ1) is 13.0. The van der Waals surface area contributed by atoms with Crippen LogP contribution in [0.4, 0.5) is 5.82 Å². The molecule has 6 heteroatoms. The number of nitrogens with one attached hydrogen (secondary N) is 1. The second-order valence-electron chi connectivity index (χ2n) is 6.26. The first-order chi connectivity index (χ1) is 10.3. The third kappa shape index (κ3) is 2.00. The molecule has 2 fully saturated rings. The highest BCUT2D eigenvalue weighted by Gasteiger charge is 2.41. The summed E-state index contributed by atoms with van der Waals surface area (Å²) in [7, 11) is 0. The number of piperazine rings is 1. The Labute approximate surface area is 123 Å². The number of anilines is 1. The van der Waals surface area contributed by atoms with Crippen LogP contribution in [0.5, 0.6) is 0 Å². The van der Waals surface area contributed by atoms with Crippen LogP contribution in [0.15, 0.2) is 10.9 Å². The topological polar surface area (TPSA) is 67.1 Å². The quantitative estimate of drug-likeness (QED) is 0.865. The van der Waals surface area contributed by atoms with E-state index in [2.05, 4.69) is 25.3 Å². The van der Waals surface area contributed by atoms with E-state index in [9.17, 15) is 0 Å². The van der Waals surface area contributed by atoms with E-state index in [4.69, 9.17) is 4.52 Å². The summed E-state index contributed by atoms with van der Waals surface area (Å²) in [6.07, 6.45) is 8.01. The van der Waals surface area contributed by atoms with E-state index in [1.54, 1.807) is 6.33 Å². The maximum absolute atomic E-state index is 5.31. The van der Waals surface area contributed by atoms with Crippen molar-refractivity contribution in [3.05, 3.63) is 12.0 Å². The van der Waals surface area contributed by atoms with Crippen LogP contribution in [-0.2, 0) is 0 Å². The Kier molecular flexibility index (Phi) is 3.06. The van der Waals surface area contributed by atoms with Crippen molar-refractivity contribution in [1.82, 2.24) is 20.4 Å². The molecule has 0 unspecified atom stereocenters. The lowest BCUT2D eigenvalue weighted by molar-refractivity contribution is 0.240. The Morgan fingerprint density at radius 1 is 1.24 bits per heavy atom. The van der Waals surface area contributed by atoms with Crippen molar-refractivity contribution < 1.29 is 4.52 Å². The summed E-state index contributed by atoms with van der Waals surface area (Å²) in [6, 6.07) is 0. The molecule has 2 aromatic rings. The largest absolute Gasteiger partial charge is 0.348 e. The number of fused-ring (bicyclic) bond motifs is 1. The predicted molar refractivity (Wildman–Crippen MR) is 80.4 cm³/mol. The highest BCUT2D eigenvalue weighted by molar-refractivity contribution is 5.88. The zero-order valence-electron chi connectivity index (χ0n) is 12.4. The molecule has 4 rings (SSSR count). The molecule has 1 aliphatic heterocycles. The van der Waals surface area contributed by atoms with Crippen molar-refractivity contribution in [2.24, 2.45) is 0 Å². The molecule has 0 amide bonds. The van der Waals surface area contributed by atoms with Gasteiger partial charge in [0, 0.05) is 19.6 Å². The van der Waals surface area contributed by atoms with Crippen molar-refractivity contribution in [2.45, 2.75) is 44.6 Å². The van der Waals surface area contributed by atoms with E-state index < -0.39 is 0 Å². The van der Waals surface area contributed by atoms with Gasteiger partial charge < -0.3 is 14.7 Å². The molecular formula is C15H21N5O. The lowest BCUT2D eigenvalue weighted by Gasteiger charge is -2.50. The van der Waals surface area contributed by atoms with Gasteiger partial charge in [0.1, 0.15) is 17.5 Å². The Balaban J connectivity index is 1.83. The van der Waals surface area contributed by atoms with Gasteiger partial charge in [0.25, 0.3) is 5.71 Å². The van der Waals surface area contributed by atoms with Gasteiger partial charge in [-0.1, -0.05) is 24.4 Å². The molecule has 6 nitrogen and oxygen atoms in total. The van der Waals surface area contributed by atoms with Gasteiger partial charge in [0.05, 0.1) is 11.2 Å². The fourth-order valence-electron chi connectivity index (χ4n) is 3.94. The number of rotatable bonds is 1. The van der Waals surface area contributed by atoms with Gasteiger partial charge in [-0.25, -0.2) is 4.98 Å². The number of aryl methyl sites for hydroxylation is 1. The number of hydrogen-bond donors (Lipinski definition) is 1. The first-order valence-electron chi connectivity index (χ1n) is 7.86. The van der Waals surface area contributed by atoms with Crippen LogP contribution in [0.1, 0.15) is 37.8 Å². The van der Waals surface area contributed by atoms with Crippen molar-refractivity contribution in [1.29, 1.82) is 0 Å². The summed E-state index contributed by atoms with van der Waals surface area (Å²) in [5, 5.41) is 8.62. The molecular weight excluding hydrogens is 266 g/mol. The van der Waals surface area contributed by atoms with E-state index in [1.165, 1.54) is 32.1 Å². The van der Waals surface area contributed by atoms with Crippen molar-refractivity contribution in [3.63, 3.8) is 0 Å². The molecule has 1 N–H and O–H groups in total. The van der Waals surface area contributed by atoms with E-state index in [0.717, 1.165) is 36.5 Å². The Morgan fingerprint density at radius 2 is 2.10 bits per heavy atom. The van der Waals surface area contributed by atoms with Crippen LogP contribution in [0.25, 0.3) is 11.1 Å². The van der Waals surface area contributed by atoms with Crippen LogP contribution >= 0.6 is 0 Å². The van der Waals surface area contributed by atoms with Crippen molar-refractivity contribution in [2.75, 3.05) is 24.5 Å². The number of hydrogen-bond acceptors (Lipinski definition) is 6. The van der Waals surface area contributed by atoms with E-state index in [-0.39, 0.29) is 5.54 Å². The minimum Gasteiger partial charge on any atom is -0.348 e. The molecule has 3 heterocycles. The first-order valence-corrected chi connectivity index (χ1v) is 7.86. The normalized spacial score (nSPS) is 22.0. The zero-order valence-corrected chi connectivity index (χ0v) is 12.4. The second-order valence-corrected chi connectivity index (χ2v) is 6.26. The second kappa shape index (κ2) is 4.94. The van der Waals surface area contributed by atoms with Gasteiger partial charge in [-0.2, -0.15) is 4.98 Å². The van der Waals surface area contributed by atoms with Crippen LogP contribution in [0.2, 0.25) is 0 Å². The Bertz CT molecular complexity index is 638. The Morgan fingerprint density at radius 3 is 2.95 bits per heavy atom. The SMILES string of the molecule is Cc1noc2ncnc(N3CCNCC34CCCCC4)c12. The lowest BCUT2D eigenvalue weighted by Crippen LogP contribution is -2.62. The molecule has 21 heavy (non-hydrogen) atoms. The molecule has 0 bridgehead atoms. The molecule has 2 aliphatic rings. The predicted octanol–water partition coefficient (Wildman–Crippen LogP) is 2.04. The summed E-state index contributed by atoms with van der Waals surface area (Å²) in [4.78, 5) is 11.3. The standard InChI is InChI=1S/C15H21N5O/c1-11-12-13(17-10-18-14(12)21-19-11)20-8-7-16-9-15(20)5-3-2-4-6-15/h10,16H,2-9H2,1H3. The van der Waals surface area contributed by atoms with Crippen LogP contribution in [0.3, 0.4) is 0 Å². The Hall–Kier alpha value is -1.69. The molecule has 1 saturated carbocycles. The van der Waals surface area contributed by atoms with Crippen LogP contribution < -0.4 is 10.2 Å². The van der Waals surface area contributed by atoms with E-state index in [0.29, 0.717) is 5.71 Å². The maximum Gasteiger partial charge on any atom is 0.263 e. The molecule has 2 aromatic heterocycles. The van der Waals surface area contributed by atoms with Crippen molar-refractivity contribution in [3.8, 4) is 0 Å². The van der Waals surface area contributed by atoms with Gasteiger partial charge in [0.2, 0.25) is 0 Å². The van der Waals surface area contributed by atoms with Gasteiger partial charge in [-0.15, -0.1) is 0 Å². The van der Waals surface area contributed by atoms with Crippen LogP contribution in [-0.4, -0.2) is 40.3 Å². The minimum atomic E-state index is 0.196. The summed E-state index contributed by atoms with van der Waals surface area (Å²) in [5.41, 5.74) is 1.67. The number of nitrogens with zero attached hydrogens (tertiary/aromatic N) is 4. The smallest absolute Gasteiger partial charge is 0.263 e. The van der Waals surface area contributed by atoms with E-state index in [1.807, 2.05) is 6.92 Å². The zero-order chi connectivity index (χ0) is 14.3. The lowest BCUT2D eigenvalue weighted by atomic mass is 9.79. The van der Waals surface area contributed by atoms with E-state index >= 15 is 0 Å². The molecule has 1 saturated heterocycles.